The fourth-order valence-corrected chi connectivity index (χ4v) is 5.11. The summed E-state index contributed by atoms with van der Waals surface area (Å²) < 4.78 is 54.8. The number of sulfone groups is 2. The smallest absolute Gasteiger partial charge is 0.322 e. The molecule has 1 heterocycles. The van der Waals surface area contributed by atoms with Crippen LogP contribution in [0.15, 0.2) is 62.7 Å². The Morgan fingerprint density at radius 3 is 2.38 bits per heavy atom. The molecule has 0 aliphatic carbocycles. The Morgan fingerprint density at radius 1 is 1.03 bits per heavy atom. The highest BCUT2D eigenvalue weighted by Gasteiger charge is 2.21. The average Bonchev–Trinajstić information content (AvgIpc) is 3.21. The minimum Gasteiger partial charge on any atom is -0.403 e. The molecule has 170 valence electrons. The number of aromatic nitrogens is 2. The first-order valence-electron chi connectivity index (χ1n) is 9.45. The SMILES string of the molecule is CC(C)S(=O)(=O)c1cccc(-c2nnc(NC(=O)CCS(=O)(=O)c3ccc(Cl)cc3)o2)c1. The van der Waals surface area contributed by atoms with E-state index in [2.05, 4.69) is 15.5 Å². The number of carbonyl (C=O) groups is 1. The molecule has 0 bridgehead atoms. The third kappa shape index (κ3) is 5.53. The minimum atomic E-state index is -3.67. The molecule has 0 aliphatic heterocycles. The number of benzene rings is 2. The molecular weight excluding hydrogens is 478 g/mol. The van der Waals surface area contributed by atoms with E-state index >= 15 is 0 Å². The third-order valence-electron chi connectivity index (χ3n) is 4.47. The van der Waals surface area contributed by atoms with Crippen molar-refractivity contribution in [1.29, 1.82) is 0 Å². The van der Waals surface area contributed by atoms with Crippen LogP contribution in [0.25, 0.3) is 11.5 Å². The lowest BCUT2D eigenvalue weighted by atomic mass is 10.2. The first-order chi connectivity index (χ1) is 15.0. The fourth-order valence-electron chi connectivity index (χ4n) is 2.64. The molecule has 1 N–H and O–H groups in total. The van der Waals surface area contributed by atoms with Gasteiger partial charge in [-0.25, -0.2) is 16.8 Å². The number of amides is 1. The molecule has 0 radical (unpaired) electrons. The van der Waals surface area contributed by atoms with E-state index in [1.807, 2.05) is 0 Å². The molecule has 0 saturated heterocycles. The van der Waals surface area contributed by atoms with Gasteiger partial charge in [0.05, 0.1) is 20.8 Å². The summed E-state index contributed by atoms with van der Waals surface area (Å²) in [5, 5.41) is 9.68. The van der Waals surface area contributed by atoms with Crippen molar-refractivity contribution in [3.05, 3.63) is 53.6 Å². The second-order valence-electron chi connectivity index (χ2n) is 7.10. The molecule has 9 nitrogen and oxygen atoms in total. The second-order valence-corrected chi connectivity index (χ2v) is 12.2. The van der Waals surface area contributed by atoms with Crippen molar-refractivity contribution in [2.45, 2.75) is 35.3 Å². The van der Waals surface area contributed by atoms with Crippen molar-refractivity contribution in [3.8, 4) is 11.5 Å². The number of anilines is 1. The van der Waals surface area contributed by atoms with Gasteiger partial charge in [0.2, 0.25) is 11.8 Å². The average molecular weight is 498 g/mol. The number of nitrogens with one attached hydrogen (secondary N) is 1. The van der Waals surface area contributed by atoms with Gasteiger partial charge < -0.3 is 4.42 Å². The molecule has 0 saturated carbocycles. The van der Waals surface area contributed by atoms with Crippen LogP contribution in [0.1, 0.15) is 20.3 Å². The lowest BCUT2D eigenvalue weighted by Gasteiger charge is -2.08. The maximum Gasteiger partial charge on any atom is 0.322 e. The molecule has 0 spiro atoms. The van der Waals surface area contributed by atoms with Crippen LogP contribution in [0.4, 0.5) is 6.01 Å². The van der Waals surface area contributed by atoms with Gasteiger partial charge in [-0.1, -0.05) is 22.8 Å². The van der Waals surface area contributed by atoms with E-state index in [4.69, 9.17) is 16.0 Å². The van der Waals surface area contributed by atoms with Gasteiger partial charge in [0.1, 0.15) is 0 Å². The van der Waals surface area contributed by atoms with E-state index in [9.17, 15) is 21.6 Å². The first-order valence-corrected chi connectivity index (χ1v) is 13.0. The summed E-state index contributed by atoms with van der Waals surface area (Å²) in [4.78, 5) is 12.3. The fraction of sp³-hybridized carbons (Fsp3) is 0.250. The topological polar surface area (TPSA) is 136 Å². The van der Waals surface area contributed by atoms with Crippen LogP contribution in [0.3, 0.4) is 0 Å². The Balaban J connectivity index is 1.67. The Bertz CT molecular complexity index is 1330. The van der Waals surface area contributed by atoms with E-state index in [0.29, 0.717) is 10.6 Å². The largest absolute Gasteiger partial charge is 0.403 e. The maximum atomic E-state index is 12.4. The summed E-state index contributed by atoms with van der Waals surface area (Å²) in [5.41, 5.74) is 0.366. The Labute approximate surface area is 190 Å². The highest BCUT2D eigenvalue weighted by Crippen LogP contribution is 2.25. The predicted molar refractivity (Wildman–Crippen MR) is 119 cm³/mol. The van der Waals surface area contributed by atoms with Crippen LogP contribution in [0.2, 0.25) is 5.02 Å². The summed E-state index contributed by atoms with van der Waals surface area (Å²) in [6, 6.07) is 11.4. The van der Waals surface area contributed by atoms with Crippen molar-refractivity contribution >= 4 is 43.2 Å². The van der Waals surface area contributed by atoms with Gasteiger partial charge in [0, 0.05) is 17.0 Å². The third-order valence-corrected chi connectivity index (χ3v) is 8.61. The number of rotatable bonds is 8. The molecule has 0 unspecified atom stereocenters. The number of hydrogen-bond donors (Lipinski definition) is 1. The van der Waals surface area contributed by atoms with Crippen LogP contribution < -0.4 is 5.32 Å². The number of halogens is 1. The van der Waals surface area contributed by atoms with E-state index < -0.39 is 36.6 Å². The van der Waals surface area contributed by atoms with E-state index in [1.165, 1.54) is 36.4 Å². The number of carbonyl (C=O) groups excluding carboxylic acids is 1. The lowest BCUT2D eigenvalue weighted by molar-refractivity contribution is -0.115. The first kappa shape index (κ1) is 23.9. The summed E-state index contributed by atoms with van der Waals surface area (Å²) in [6.07, 6.45) is -0.329. The van der Waals surface area contributed by atoms with Gasteiger partial charge in [0.25, 0.3) is 0 Å². The molecule has 12 heteroatoms. The van der Waals surface area contributed by atoms with Crippen LogP contribution in [0, 0.1) is 0 Å². The molecule has 1 amide bonds. The maximum absolute atomic E-state index is 12.4. The molecule has 32 heavy (non-hydrogen) atoms. The van der Waals surface area contributed by atoms with Crippen molar-refractivity contribution in [3.63, 3.8) is 0 Å². The monoisotopic (exact) mass is 497 g/mol. The zero-order chi connectivity index (χ0) is 23.5. The van der Waals surface area contributed by atoms with Gasteiger partial charge in [-0.3, -0.25) is 10.1 Å². The Morgan fingerprint density at radius 2 is 1.72 bits per heavy atom. The standard InChI is InChI=1S/C20H20ClN3O6S2/c1-13(2)32(28,29)17-5-3-4-14(12-17)19-23-24-20(30-19)22-18(25)10-11-31(26,27)16-8-6-15(21)7-9-16/h3-9,12-13H,10-11H2,1-2H3,(H,22,24,25). The van der Waals surface area contributed by atoms with Gasteiger partial charge >= 0.3 is 6.01 Å². The summed E-state index contributed by atoms with van der Waals surface area (Å²) >= 11 is 5.76. The van der Waals surface area contributed by atoms with Crippen LogP contribution >= 0.6 is 11.6 Å². The van der Waals surface area contributed by atoms with E-state index in [1.54, 1.807) is 26.0 Å². The van der Waals surface area contributed by atoms with Gasteiger partial charge in [-0.15, -0.1) is 5.10 Å². The van der Waals surface area contributed by atoms with Crippen molar-refractivity contribution in [2.24, 2.45) is 0 Å². The molecule has 0 atom stereocenters. The summed E-state index contributed by atoms with van der Waals surface area (Å²) in [6.45, 7) is 3.16. The summed E-state index contributed by atoms with van der Waals surface area (Å²) in [5.74, 6) is -1.04. The van der Waals surface area contributed by atoms with E-state index in [0.717, 1.165) is 0 Å². The highest BCUT2D eigenvalue weighted by molar-refractivity contribution is 7.92. The van der Waals surface area contributed by atoms with Gasteiger partial charge in [-0.05, 0) is 56.3 Å². The van der Waals surface area contributed by atoms with Gasteiger partial charge in [0.15, 0.2) is 19.7 Å². The predicted octanol–water partition coefficient (Wildman–Crippen LogP) is 3.37. The zero-order valence-electron chi connectivity index (χ0n) is 17.1. The lowest BCUT2D eigenvalue weighted by Crippen LogP contribution is -2.17. The Kier molecular flexibility index (Phi) is 7.01. The molecule has 0 fully saturated rings. The quantitative estimate of drug-likeness (QED) is 0.500. The van der Waals surface area contributed by atoms with Crippen molar-refractivity contribution in [1.82, 2.24) is 10.2 Å². The number of nitrogens with zero attached hydrogens (tertiary/aromatic N) is 2. The molecule has 2 aromatic carbocycles. The van der Waals surface area contributed by atoms with Crippen LogP contribution in [-0.4, -0.2) is 43.9 Å². The normalized spacial score (nSPS) is 12.1. The molecular formula is C20H20ClN3O6S2. The Hall–Kier alpha value is -2.76. The minimum absolute atomic E-state index is 0.00916. The zero-order valence-corrected chi connectivity index (χ0v) is 19.5. The van der Waals surface area contributed by atoms with Crippen LogP contribution in [0.5, 0.6) is 0 Å². The van der Waals surface area contributed by atoms with Crippen molar-refractivity contribution in [2.75, 3.05) is 11.1 Å². The molecule has 1 aromatic heterocycles. The van der Waals surface area contributed by atoms with Crippen molar-refractivity contribution < 1.29 is 26.0 Å². The number of hydrogen-bond acceptors (Lipinski definition) is 8. The molecule has 0 aliphatic rings. The highest BCUT2D eigenvalue weighted by atomic mass is 35.5. The molecule has 3 aromatic rings. The molecule has 3 rings (SSSR count). The van der Waals surface area contributed by atoms with Gasteiger partial charge in [-0.2, -0.15) is 0 Å². The second kappa shape index (κ2) is 9.39. The van der Waals surface area contributed by atoms with Crippen LogP contribution in [-0.2, 0) is 24.5 Å². The van der Waals surface area contributed by atoms with E-state index in [-0.39, 0.29) is 28.1 Å². The summed E-state index contributed by atoms with van der Waals surface area (Å²) in [7, 11) is -7.16.